The van der Waals surface area contributed by atoms with Crippen LogP contribution < -0.4 is 5.32 Å². The van der Waals surface area contributed by atoms with Crippen LogP contribution in [0.3, 0.4) is 0 Å². The number of aryl methyl sites for hydroxylation is 1. The molecule has 2 heterocycles. The number of amides is 1. The van der Waals surface area contributed by atoms with Crippen molar-refractivity contribution in [3.63, 3.8) is 0 Å². The van der Waals surface area contributed by atoms with Crippen LogP contribution in [0, 0.1) is 12.7 Å². The van der Waals surface area contributed by atoms with Crippen LogP contribution in [0.15, 0.2) is 73.1 Å². The molecule has 2 aromatic heterocycles. The molecule has 0 bridgehead atoms. The number of carbonyl (C=O) groups excluding carboxylic acids is 1. The van der Waals surface area contributed by atoms with E-state index in [2.05, 4.69) is 10.3 Å². The molecule has 6 heteroatoms. The van der Waals surface area contributed by atoms with Crippen LogP contribution in [-0.2, 0) is 6.54 Å². The zero-order chi connectivity index (χ0) is 19.5. The molecule has 0 aliphatic heterocycles. The number of thiophene rings is 1. The Balaban J connectivity index is 1.72. The summed E-state index contributed by atoms with van der Waals surface area (Å²) in [5.41, 5.74) is 2.44. The number of rotatable bonds is 5. The molecule has 2 aromatic carbocycles. The minimum atomic E-state index is -0.313. The Labute approximate surface area is 166 Å². The molecule has 4 aromatic rings. The van der Waals surface area contributed by atoms with Gasteiger partial charge < -0.3 is 9.88 Å². The predicted molar refractivity (Wildman–Crippen MR) is 110 cm³/mol. The SMILES string of the molecule is Cc1ccc(C(=O)Nc2c(-c3ccc(F)cc3)ncn2Cc2ccccc2)s1. The van der Waals surface area contributed by atoms with Gasteiger partial charge in [-0.3, -0.25) is 4.79 Å². The van der Waals surface area contributed by atoms with Gasteiger partial charge in [-0.25, -0.2) is 9.37 Å². The molecule has 0 unspecified atom stereocenters. The van der Waals surface area contributed by atoms with Gasteiger partial charge in [-0.15, -0.1) is 11.3 Å². The zero-order valence-corrected chi connectivity index (χ0v) is 16.0. The highest BCUT2D eigenvalue weighted by atomic mass is 32.1. The highest BCUT2D eigenvalue weighted by molar-refractivity contribution is 7.14. The van der Waals surface area contributed by atoms with Crippen LogP contribution in [-0.4, -0.2) is 15.5 Å². The van der Waals surface area contributed by atoms with E-state index in [1.54, 1.807) is 18.5 Å². The number of benzene rings is 2. The van der Waals surface area contributed by atoms with Gasteiger partial charge in [0, 0.05) is 10.4 Å². The van der Waals surface area contributed by atoms with Crippen molar-refractivity contribution in [2.45, 2.75) is 13.5 Å². The van der Waals surface area contributed by atoms with E-state index < -0.39 is 0 Å². The highest BCUT2D eigenvalue weighted by Gasteiger charge is 2.18. The fraction of sp³-hybridized carbons (Fsp3) is 0.0909. The number of hydrogen-bond acceptors (Lipinski definition) is 3. The predicted octanol–water partition coefficient (Wildman–Crippen LogP) is 5.36. The molecule has 4 rings (SSSR count). The van der Waals surface area contributed by atoms with E-state index in [0.29, 0.717) is 22.9 Å². The third-order valence-electron chi connectivity index (χ3n) is 4.35. The van der Waals surface area contributed by atoms with Crippen LogP contribution in [0.4, 0.5) is 10.2 Å². The standard InChI is InChI=1S/C22H18FN3OS/c1-15-7-12-19(28-15)22(27)25-21-20(17-8-10-18(23)11-9-17)24-14-26(21)13-16-5-3-2-4-6-16/h2-12,14H,13H2,1H3,(H,25,27). The average Bonchev–Trinajstić information content (AvgIpc) is 3.30. The summed E-state index contributed by atoms with van der Waals surface area (Å²) in [5.74, 6) is 0.0925. The molecule has 0 radical (unpaired) electrons. The average molecular weight is 391 g/mol. The van der Waals surface area contributed by atoms with Gasteiger partial charge >= 0.3 is 0 Å². The number of carbonyl (C=O) groups is 1. The first-order chi connectivity index (χ1) is 13.6. The monoisotopic (exact) mass is 391 g/mol. The largest absolute Gasteiger partial charge is 0.312 e. The minimum absolute atomic E-state index is 0.184. The smallest absolute Gasteiger partial charge is 0.266 e. The summed E-state index contributed by atoms with van der Waals surface area (Å²) >= 11 is 1.44. The fourth-order valence-electron chi connectivity index (χ4n) is 2.96. The molecular formula is C22H18FN3OS. The summed E-state index contributed by atoms with van der Waals surface area (Å²) in [7, 11) is 0. The fourth-order valence-corrected chi connectivity index (χ4v) is 3.72. The molecule has 0 aliphatic carbocycles. The van der Waals surface area contributed by atoms with Crippen LogP contribution in [0.1, 0.15) is 20.1 Å². The maximum absolute atomic E-state index is 13.3. The molecule has 0 saturated carbocycles. The second-order valence-electron chi connectivity index (χ2n) is 6.43. The van der Waals surface area contributed by atoms with E-state index >= 15 is 0 Å². The van der Waals surface area contributed by atoms with Crippen molar-refractivity contribution in [2.75, 3.05) is 5.32 Å². The van der Waals surface area contributed by atoms with Gasteiger partial charge in [0.15, 0.2) is 0 Å². The summed E-state index contributed by atoms with van der Waals surface area (Å²) in [6.45, 7) is 2.53. The summed E-state index contributed by atoms with van der Waals surface area (Å²) in [6.07, 6.45) is 1.70. The zero-order valence-electron chi connectivity index (χ0n) is 15.2. The second-order valence-corrected chi connectivity index (χ2v) is 7.71. The topological polar surface area (TPSA) is 46.9 Å². The van der Waals surface area contributed by atoms with Crippen LogP contribution >= 0.6 is 11.3 Å². The van der Waals surface area contributed by atoms with E-state index in [0.717, 1.165) is 16.0 Å². The van der Waals surface area contributed by atoms with Crippen molar-refractivity contribution in [3.8, 4) is 11.3 Å². The number of imidazole rings is 1. The molecule has 28 heavy (non-hydrogen) atoms. The van der Waals surface area contributed by atoms with Crippen molar-refractivity contribution in [1.29, 1.82) is 0 Å². The van der Waals surface area contributed by atoms with Gasteiger partial charge in [-0.2, -0.15) is 0 Å². The van der Waals surface area contributed by atoms with E-state index in [1.165, 1.54) is 23.5 Å². The molecule has 0 aliphatic rings. The summed E-state index contributed by atoms with van der Waals surface area (Å²) in [5, 5.41) is 3.00. The van der Waals surface area contributed by atoms with Gasteiger partial charge in [-0.1, -0.05) is 30.3 Å². The summed E-state index contributed by atoms with van der Waals surface area (Å²) < 4.78 is 15.2. The lowest BCUT2D eigenvalue weighted by molar-refractivity contribution is 0.102. The van der Waals surface area contributed by atoms with Gasteiger partial charge in [0.25, 0.3) is 5.91 Å². The van der Waals surface area contributed by atoms with Crippen LogP contribution in [0.2, 0.25) is 0 Å². The Morgan fingerprint density at radius 2 is 1.82 bits per heavy atom. The number of nitrogens with zero attached hydrogens (tertiary/aromatic N) is 2. The van der Waals surface area contributed by atoms with E-state index in [-0.39, 0.29) is 11.7 Å². The lowest BCUT2D eigenvalue weighted by Crippen LogP contribution is -2.15. The van der Waals surface area contributed by atoms with Crippen molar-refractivity contribution in [3.05, 3.63) is 94.2 Å². The number of hydrogen-bond donors (Lipinski definition) is 1. The third-order valence-corrected chi connectivity index (χ3v) is 5.35. The lowest BCUT2D eigenvalue weighted by atomic mass is 10.1. The molecule has 0 atom stereocenters. The second kappa shape index (κ2) is 7.78. The lowest BCUT2D eigenvalue weighted by Gasteiger charge is -2.11. The van der Waals surface area contributed by atoms with E-state index in [4.69, 9.17) is 0 Å². The molecule has 0 fully saturated rings. The molecular weight excluding hydrogens is 373 g/mol. The molecule has 1 N–H and O–H groups in total. The first-order valence-corrected chi connectivity index (χ1v) is 9.64. The Morgan fingerprint density at radius 1 is 1.07 bits per heavy atom. The van der Waals surface area contributed by atoms with Gasteiger partial charge in [0.2, 0.25) is 0 Å². The number of nitrogens with one attached hydrogen (secondary N) is 1. The van der Waals surface area contributed by atoms with Gasteiger partial charge in [0.05, 0.1) is 17.7 Å². The van der Waals surface area contributed by atoms with E-state index in [1.807, 2.05) is 54.0 Å². The quantitative estimate of drug-likeness (QED) is 0.498. The Kier molecular flexibility index (Phi) is 5.04. The molecule has 4 nitrogen and oxygen atoms in total. The number of aromatic nitrogens is 2. The minimum Gasteiger partial charge on any atom is -0.312 e. The molecule has 0 spiro atoms. The first-order valence-electron chi connectivity index (χ1n) is 8.83. The van der Waals surface area contributed by atoms with Crippen molar-refractivity contribution < 1.29 is 9.18 Å². The van der Waals surface area contributed by atoms with E-state index in [9.17, 15) is 9.18 Å². The Bertz CT molecular complexity index is 1100. The highest BCUT2D eigenvalue weighted by Crippen LogP contribution is 2.29. The summed E-state index contributed by atoms with van der Waals surface area (Å²) in [4.78, 5) is 19.0. The Hall–Kier alpha value is -3.25. The molecule has 0 saturated heterocycles. The molecule has 140 valence electrons. The van der Waals surface area contributed by atoms with Crippen LogP contribution in [0.5, 0.6) is 0 Å². The van der Waals surface area contributed by atoms with Gasteiger partial charge in [-0.05, 0) is 48.9 Å². The third kappa shape index (κ3) is 3.87. The van der Waals surface area contributed by atoms with Crippen molar-refractivity contribution in [2.24, 2.45) is 0 Å². The van der Waals surface area contributed by atoms with Crippen LogP contribution in [0.25, 0.3) is 11.3 Å². The van der Waals surface area contributed by atoms with Crippen molar-refractivity contribution >= 4 is 23.1 Å². The Morgan fingerprint density at radius 3 is 2.50 bits per heavy atom. The first kappa shape index (κ1) is 18.1. The maximum atomic E-state index is 13.3. The summed E-state index contributed by atoms with van der Waals surface area (Å²) in [6, 6.07) is 19.8. The molecule has 1 amide bonds. The van der Waals surface area contributed by atoms with Crippen molar-refractivity contribution in [1.82, 2.24) is 9.55 Å². The number of anilines is 1. The van der Waals surface area contributed by atoms with Gasteiger partial charge in [0.1, 0.15) is 17.3 Å². The maximum Gasteiger partial charge on any atom is 0.266 e. The number of halogens is 1. The normalized spacial score (nSPS) is 10.8.